The van der Waals surface area contributed by atoms with Gasteiger partial charge in [0.25, 0.3) is 0 Å². The SMILES string of the molecule is O=C(CN1CCOCC1)Nc1ccc(Nc2cccc(C(F)(F)F)c2)nc1. The Kier molecular flexibility index (Phi) is 5.92. The molecule has 6 nitrogen and oxygen atoms in total. The standard InChI is InChI=1S/C18H19F3N4O2/c19-18(20,21)13-2-1-3-14(10-13)23-16-5-4-15(11-22-16)24-17(26)12-25-6-8-27-9-7-25/h1-5,10-11H,6-9,12H2,(H,22,23)(H,24,26). The van der Waals surface area contributed by atoms with E-state index in [1.165, 1.54) is 18.3 Å². The molecule has 1 fully saturated rings. The highest BCUT2D eigenvalue weighted by atomic mass is 19.4. The molecule has 0 bridgehead atoms. The van der Waals surface area contributed by atoms with Crippen molar-refractivity contribution in [3.05, 3.63) is 48.2 Å². The van der Waals surface area contributed by atoms with Gasteiger partial charge in [-0.25, -0.2) is 4.98 Å². The molecule has 1 saturated heterocycles. The Balaban J connectivity index is 1.56. The van der Waals surface area contributed by atoms with Gasteiger partial charge in [-0.1, -0.05) is 6.07 Å². The number of hydrogen-bond donors (Lipinski definition) is 2. The van der Waals surface area contributed by atoms with Crippen molar-refractivity contribution in [3.8, 4) is 0 Å². The van der Waals surface area contributed by atoms with Gasteiger partial charge in [-0.15, -0.1) is 0 Å². The van der Waals surface area contributed by atoms with Crippen molar-refractivity contribution in [1.29, 1.82) is 0 Å². The van der Waals surface area contributed by atoms with E-state index in [1.54, 1.807) is 12.1 Å². The third kappa shape index (κ3) is 5.66. The summed E-state index contributed by atoms with van der Waals surface area (Å²) in [5, 5.41) is 5.57. The fourth-order valence-corrected chi connectivity index (χ4v) is 2.63. The molecule has 2 N–H and O–H groups in total. The van der Waals surface area contributed by atoms with Crippen LogP contribution in [0.1, 0.15) is 5.56 Å². The quantitative estimate of drug-likeness (QED) is 0.834. The number of nitrogens with zero attached hydrogens (tertiary/aromatic N) is 2. The number of aromatic nitrogens is 1. The molecular weight excluding hydrogens is 361 g/mol. The number of pyridine rings is 1. The highest BCUT2D eigenvalue weighted by molar-refractivity contribution is 5.92. The van der Waals surface area contributed by atoms with E-state index in [-0.39, 0.29) is 18.1 Å². The summed E-state index contributed by atoms with van der Waals surface area (Å²) in [7, 11) is 0. The van der Waals surface area contributed by atoms with Crippen LogP contribution in [0.3, 0.4) is 0 Å². The molecule has 27 heavy (non-hydrogen) atoms. The van der Waals surface area contributed by atoms with E-state index in [4.69, 9.17) is 4.74 Å². The van der Waals surface area contributed by atoms with Crippen molar-refractivity contribution in [1.82, 2.24) is 9.88 Å². The summed E-state index contributed by atoms with van der Waals surface area (Å²) in [5.41, 5.74) is 0.0591. The predicted octanol–water partition coefficient (Wildman–Crippen LogP) is 3.11. The number of carbonyl (C=O) groups excluding carboxylic acids is 1. The second kappa shape index (κ2) is 8.36. The first-order chi connectivity index (χ1) is 12.9. The van der Waals surface area contributed by atoms with Gasteiger partial charge >= 0.3 is 6.18 Å². The van der Waals surface area contributed by atoms with Gasteiger partial charge in [-0.05, 0) is 30.3 Å². The van der Waals surface area contributed by atoms with Gasteiger partial charge in [0, 0.05) is 18.8 Å². The number of halogens is 3. The molecule has 9 heteroatoms. The Morgan fingerprint density at radius 2 is 1.93 bits per heavy atom. The number of benzene rings is 1. The van der Waals surface area contributed by atoms with Crippen LogP contribution in [0, 0.1) is 0 Å². The third-order valence-corrected chi connectivity index (χ3v) is 3.98. The van der Waals surface area contributed by atoms with Crippen LogP contribution in [-0.2, 0) is 15.7 Å². The van der Waals surface area contributed by atoms with E-state index in [0.29, 0.717) is 37.8 Å². The topological polar surface area (TPSA) is 66.5 Å². The summed E-state index contributed by atoms with van der Waals surface area (Å²) in [5.74, 6) is 0.220. The summed E-state index contributed by atoms with van der Waals surface area (Å²) in [6.45, 7) is 2.93. The molecule has 0 unspecified atom stereocenters. The molecule has 0 saturated carbocycles. The lowest BCUT2D eigenvalue weighted by Crippen LogP contribution is -2.41. The number of amides is 1. The number of anilines is 3. The van der Waals surface area contributed by atoms with Crippen molar-refractivity contribution in [3.63, 3.8) is 0 Å². The molecule has 0 atom stereocenters. The van der Waals surface area contributed by atoms with Gasteiger partial charge in [0.15, 0.2) is 0 Å². The first kappa shape index (κ1) is 19.1. The third-order valence-electron chi connectivity index (χ3n) is 3.98. The average molecular weight is 380 g/mol. The van der Waals surface area contributed by atoms with Crippen LogP contribution >= 0.6 is 0 Å². The zero-order chi connectivity index (χ0) is 19.3. The molecule has 1 aliphatic rings. The van der Waals surface area contributed by atoms with E-state index in [0.717, 1.165) is 12.1 Å². The van der Waals surface area contributed by atoms with Gasteiger partial charge in [0.05, 0.1) is 37.2 Å². The summed E-state index contributed by atoms with van der Waals surface area (Å²) in [4.78, 5) is 18.2. The van der Waals surface area contributed by atoms with Crippen molar-refractivity contribution in [2.45, 2.75) is 6.18 Å². The largest absolute Gasteiger partial charge is 0.416 e. The van der Waals surface area contributed by atoms with Crippen LogP contribution in [0.2, 0.25) is 0 Å². The van der Waals surface area contributed by atoms with Crippen molar-refractivity contribution >= 4 is 23.1 Å². The maximum Gasteiger partial charge on any atom is 0.416 e. The van der Waals surface area contributed by atoms with Gasteiger partial charge < -0.3 is 15.4 Å². The Bertz CT molecular complexity index is 775. The Morgan fingerprint density at radius 1 is 1.15 bits per heavy atom. The lowest BCUT2D eigenvalue weighted by molar-refractivity contribution is -0.137. The maximum atomic E-state index is 12.8. The van der Waals surface area contributed by atoms with Crippen LogP contribution in [0.5, 0.6) is 0 Å². The van der Waals surface area contributed by atoms with Crippen LogP contribution in [0.4, 0.5) is 30.4 Å². The van der Waals surface area contributed by atoms with E-state index in [2.05, 4.69) is 15.6 Å². The minimum Gasteiger partial charge on any atom is -0.379 e. The Labute approximate surface area is 154 Å². The molecule has 1 amide bonds. The Morgan fingerprint density at radius 3 is 2.59 bits per heavy atom. The van der Waals surface area contributed by atoms with Gasteiger partial charge in [-0.3, -0.25) is 9.69 Å². The van der Waals surface area contributed by atoms with Gasteiger partial charge in [0.2, 0.25) is 5.91 Å². The van der Waals surface area contributed by atoms with Crippen LogP contribution in [0.15, 0.2) is 42.6 Å². The number of carbonyl (C=O) groups is 1. The molecular formula is C18H19F3N4O2. The van der Waals surface area contributed by atoms with Crippen molar-refractivity contribution in [2.75, 3.05) is 43.5 Å². The zero-order valence-electron chi connectivity index (χ0n) is 14.4. The zero-order valence-corrected chi connectivity index (χ0v) is 14.4. The molecule has 1 aliphatic heterocycles. The number of ether oxygens (including phenoxy) is 1. The highest BCUT2D eigenvalue weighted by Gasteiger charge is 2.30. The molecule has 0 aliphatic carbocycles. The fourth-order valence-electron chi connectivity index (χ4n) is 2.63. The highest BCUT2D eigenvalue weighted by Crippen LogP contribution is 2.31. The molecule has 2 aromatic rings. The Hall–Kier alpha value is -2.65. The van der Waals surface area contributed by atoms with E-state index >= 15 is 0 Å². The number of morpholine rings is 1. The number of nitrogens with one attached hydrogen (secondary N) is 2. The number of rotatable bonds is 5. The van der Waals surface area contributed by atoms with Crippen LogP contribution in [0.25, 0.3) is 0 Å². The molecule has 3 rings (SSSR count). The summed E-state index contributed by atoms with van der Waals surface area (Å²) in [6.07, 6.45) is -2.95. The van der Waals surface area contributed by atoms with Crippen LogP contribution < -0.4 is 10.6 Å². The minimum atomic E-state index is -4.40. The molecule has 2 heterocycles. The van der Waals surface area contributed by atoms with E-state index < -0.39 is 11.7 Å². The number of alkyl halides is 3. The summed E-state index contributed by atoms with van der Waals surface area (Å²) < 4.78 is 43.5. The normalized spacial score (nSPS) is 15.4. The van der Waals surface area contributed by atoms with E-state index in [9.17, 15) is 18.0 Å². The molecule has 1 aromatic carbocycles. The average Bonchev–Trinajstić information content (AvgIpc) is 2.64. The second-order valence-corrected chi connectivity index (χ2v) is 6.07. The van der Waals surface area contributed by atoms with Gasteiger partial charge in [0.1, 0.15) is 5.82 Å². The fraction of sp³-hybridized carbons (Fsp3) is 0.333. The lowest BCUT2D eigenvalue weighted by atomic mass is 10.2. The molecule has 0 radical (unpaired) electrons. The first-order valence-electron chi connectivity index (χ1n) is 8.40. The van der Waals surface area contributed by atoms with Crippen molar-refractivity contribution in [2.24, 2.45) is 0 Å². The number of hydrogen-bond acceptors (Lipinski definition) is 5. The predicted molar refractivity (Wildman–Crippen MR) is 94.9 cm³/mol. The summed E-state index contributed by atoms with van der Waals surface area (Å²) >= 11 is 0. The molecule has 0 spiro atoms. The summed E-state index contributed by atoms with van der Waals surface area (Å²) in [6, 6.07) is 8.09. The monoisotopic (exact) mass is 380 g/mol. The minimum absolute atomic E-state index is 0.155. The first-order valence-corrected chi connectivity index (χ1v) is 8.40. The second-order valence-electron chi connectivity index (χ2n) is 6.07. The van der Waals surface area contributed by atoms with Crippen LogP contribution in [-0.4, -0.2) is 48.6 Å². The lowest BCUT2D eigenvalue weighted by Gasteiger charge is -2.25. The molecule has 1 aromatic heterocycles. The van der Waals surface area contributed by atoms with Crippen molar-refractivity contribution < 1.29 is 22.7 Å². The van der Waals surface area contributed by atoms with Gasteiger partial charge in [-0.2, -0.15) is 13.2 Å². The van der Waals surface area contributed by atoms with E-state index in [1.807, 2.05) is 4.90 Å². The maximum absolute atomic E-state index is 12.8. The smallest absolute Gasteiger partial charge is 0.379 e. The molecule has 144 valence electrons.